The topological polar surface area (TPSA) is 72.8 Å². The lowest BCUT2D eigenvalue weighted by molar-refractivity contribution is 0.103. The van der Waals surface area contributed by atoms with E-state index in [1.807, 2.05) is 78.6 Å². The number of hydrogen-bond donors (Lipinski definition) is 3. The number of aryl methyl sites for hydroxylation is 1. The minimum absolute atomic E-state index is 0.0507. The van der Waals surface area contributed by atoms with Crippen molar-refractivity contribution in [3.8, 4) is 0 Å². The molecular weight excluding hydrogens is 436 g/mol. The van der Waals surface area contributed by atoms with Gasteiger partial charge in [0.05, 0.1) is 18.2 Å². The molecule has 5 nitrogen and oxygen atoms in total. The maximum atomic E-state index is 12.9. The van der Waals surface area contributed by atoms with E-state index in [0.29, 0.717) is 35.8 Å². The number of carbonyl (C=O) groups excluding carboxylic acids is 1. The van der Waals surface area contributed by atoms with Gasteiger partial charge in [0.25, 0.3) is 0 Å². The highest BCUT2D eigenvalue weighted by Gasteiger charge is 2.15. The molecule has 33 heavy (non-hydrogen) atoms. The van der Waals surface area contributed by atoms with E-state index in [4.69, 9.17) is 21.8 Å². The van der Waals surface area contributed by atoms with Crippen LogP contribution in [0, 0.1) is 6.92 Å². The fourth-order valence-electron chi connectivity index (χ4n) is 3.57. The number of nitrogens with zero attached hydrogens (tertiary/aromatic N) is 1. The SMILES string of the molecule is Cc1ccccc1C(=O)c1ccc(Nc2ccccc2C=CCN(CCO)CCO)cc1Cl. The summed E-state index contributed by atoms with van der Waals surface area (Å²) in [6, 6.07) is 20.7. The Morgan fingerprint density at radius 2 is 1.67 bits per heavy atom. The first-order valence-corrected chi connectivity index (χ1v) is 11.3. The quantitative estimate of drug-likeness (QED) is 0.351. The predicted molar refractivity (Wildman–Crippen MR) is 135 cm³/mol. The molecule has 0 saturated carbocycles. The maximum absolute atomic E-state index is 12.9. The fraction of sp³-hybridized carbons (Fsp3) is 0.222. The number of anilines is 2. The monoisotopic (exact) mass is 464 g/mol. The van der Waals surface area contributed by atoms with E-state index < -0.39 is 0 Å². The Morgan fingerprint density at radius 3 is 2.36 bits per heavy atom. The van der Waals surface area contributed by atoms with Gasteiger partial charge in [0, 0.05) is 42.1 Å². The zero-order valence-electron chi connectivity index (χ0n) is 18.7. The lowest BCUT2D eigenvalue weighted by Gasteiger charge is -2.17. The number of para-hydroxylation sites is 1. The van der Waals surface area contributed by atoms with E-state index in [0.717, 1.165) is 22.5 Å². The molecule has 0 radical (unpaired) electrons. The minimum Gasteiger partial charge on any atom is -0.395 e. The number of rotatable bonds is 11. The molecule has 0 fully saturated rings. The van der Waals surface area contributed by atoms with Crippen LogP contribution in [-0.4, -0.2) is 53.7 Å². The van der Waals surface area contributed by atoms with Crippen LogP contribution in [0.2, 0.25) is 5.02 Å². The summed E-state index contributed by atoms with van der Waals surface area (Å²) in [5, 5.41) is 22.1. The molecule has 0 aliphatic carbocycles. The van der Waals surface area contributed by atoms with Crippen molar-refractivity contribution in [2.75, 3.05) is 38.2 Å². The van der Waals surface area contributed by atoms with Gasteiger partial charge in [-0.2, -0.15) is 0 Å². The number of benzene rings is 3. The Balaban J connectivity index is 1.75. The highest BCUT2D eigenvalue weighted by molar-refractivity contribution is 6.35. The molecule has 0 unspecified atom stereocenters. The molecule has 3 rings (SSSR count). The predicted octanol–water partition coefficient (Wildman–Crippen LogP) is 4.92. The van der Waals surface area contributed by atoms with E-state index in [-0.39, 0.29) is 19.0 Å². The van der Waals surface area contributed by atoms with Gasteiger partial charge in [-0.25, -0.2) is 0 Å². The Kier molecular flexibility index (Phi) is 9.22. The first-order chi connectivity index (χ1) is 16.0. The highest BCUT2D eigenvalue weighted by atomic mass is 35.5. The van der Waals surface area contributed by atoms with Gasteiger partial charge >= 0.3 is 0 Å². The molecule has 0 spiro atoms. The summed E-state index contributed by atoms with van der Waals surface area (Å²) < 4.78 is 0. The van der Waals surface area contributed by atoms with E-state index in [1.54, 1.807) is 12.1 Å². The van der Waals surface area contributed by atoms with Crippen molar-refractivity contribution < 1.29 is 15.0 Å². The third-order valence-corrected chi connectivity index (χ3v) is 5.65. The van der Waals surface area contributed by atoms with Crippen LogP contribution in [0.4, 0.5) is 11.4 Å². The van der Waals surface area contributed by atoms with Crippen molar-refractivity contribution in [1.29, 1.82) is 0 Å². The van der Waals surface area contributed by atoms with E-state index in [9.17, 15) is 4.79 Å². The number of hydrogen-bond acceptors (Lipinski definition) is 5. The van der Waals surface area contributed by atoms with Crippen LogP contribution in [0.25, 0.3) is 6.08 Å². The lowest BCUT2D eigenvalue weighted by atomic mass is 9.99. The van der Waals surface area contributed by atoms with Gasteiger partial charge in [-0.1, -0.05) is 66.2 Å². The summed E-state index contributed by atoms with van der Waals surface area (Å²) in [5.74, 6) is -0.0942. The molecule has 0 aromatic heterocycles. The average molecular weight is 465 g/mol. The molecule has 0 aliphatic heterocycles. The second-order valence-corrected chi connectivity index (χ2v) is 8.11. The summed E-state index contributed by atoms with van der Waals surface area (Å²) in [4.78, 5) is 14.9. The zero-order chi connectivity index (χ0) is 23.6. The molecule has 0 heterocycles. The summed E-state index contributed by atoms with van der Waals surface area (Å²) in [6.07, 6.45) is 4.00. The summed E-state index contributed by atoms with van der Waals surface area (Å²) >= 11 is 6.49. The second kappa shape index (κ2) is 12.3. The number of carbonyl (C=O) groups is 1. The standard InChI is InChI=1S/C27H29ClN2O3/c1-20-7-2-4-10-23(20)27(33)24-13-12-22(19-25(24)28)29-26-11-5-3-8-21(26)9-6-14-30(15-17-31)16-18-32/h2-13,19,29,31-32H,14-18H2,1H3. The van der Waals surface area contributed by atoms with E-state index in [2.05, 4.69) is 5.32 Å². The Bertz CT molecular complexity index is 1110. The molecule has 3 aromatic carbocycles. The first kappa shape index (κ1) is 24.7. The minimum atomic E-state index is -0.0942. The van der Waals surface area contributed by atoms with Crippen molar-refractivity contribution in [3.05, 3.63) is 100 Å². The summed E-state index contributed by atoms with van der Waals surface area (Å²) in [5.41, 5.74) is 4.70. The third kappa shape index (κ3) is 6.76. The van der Waals surface area contributed by atoms with Gasteiger partial charge in [-0.3, -0.25) is 9.69 Å². The molecule has 3 N–H and O–H groups in total. The third-order valence-electron chi connectivity index (χ3n) is 5.34. The van der Waals surface area contributed by atoms with Crippen LogP contribution in [0.5, 0.6) is 0 Å². The Hall–Kier alpha value is -2.96. The van der Waals surface area contributed by atoms with Crippen LogP contribution in [0.15, 0.2) is 72.8 Å². The number of nitrogens with one attached hydrogen (secondary N) is 1. The van der Waals surface area contributed by atoms with Gasteiger partial charge in [-0.05, 0) is 42.3 Å². The number of aliphatic hydroxyl groups excluding tert-OH is 2. The van der Waals surface area contributed by atoms with Gasteiger partial charge in [0.2, 0.25) is 0 Å². The Labute approximate surface area is 200 Å². The molecule has 0 bridgehead atoms. The van der Waals surface area contributed by atoms with Crippen LogP contribution in [0.1, 0.15) is 27.0 Å². The molecule has 0 saturated heterocycles. The van der Waals surface area contributed by atoms with Crippen LogP contribution in [0.3, 0.4) is 0 Å². The zero-order valence-corrected chi connectivity index (χ0v) is 19.4. The largest absolute Gasteiger partial charge is 0.395 e. The molecule has 0 aliphatic rings. The number of ketones is 1. The first-order valence-electron chi connectivity index (χ1n) is 10.9. The summed E-state index contributed by atoms with van der Waals surface area (Å²) in [7, 11) is 0. The lowest BCUT2D eigenvalue weighted by Crippen LogP contribution is -2.29. The highest BCUT2D eigenvalue weighted by Crippen LogP contribution is 2.28. The Morgan fingerprint density at radius 1 is 0.970 bits per heavy atom. The average Bonchev–Trinajstić information content (AvgIpc) is 2.80. The number of halogens is 1. The van der Waals surface area contributed by atoms with Crippen molar-refractivity contribution in [1.82, 2.24) is 4.90 Å². The van der Waals surface area contributed by atoms with Gasteiger partial charge in [-0.15, -0.1) is 0 Å². The maximum Gasteiger partial charge on any atom is 0.194 e. The fourth-order valence-corrected chi connectivity index (χ4v) is 3.83. The number of aliphatic hydroxyl groups is 2. The van der Waals surface area contributed by atoms with Gasteiger partial charge < -0.3 is 15.5 Å². The van der Waals surface area contributed by atoms with Crippen molar-refractivity contribution in [2.45, 2.75) is 6.92 Å². The molecule has 3 aromatic rings. The van der Waals surface area contributed by atoms with Crippen molar-refractivity contribution >= 4 is 34.8 Å². The van der Waals surface area contributed by atoms with Crippen LogP contribution >= 0.6 is 11.6 Å². The molecule has 6 heteroatoms. The summed E-state index contributed by atoms with van der Waals surface area (Å²) in [6.45, 7) is 3.66. The van der Waals surface area contributed by atoms with E-state index in [1.165, 1.54) is 0 Å². The van der Waals surface area contributed by atoms with E-state index >= 15 is 0 Å². The van der Waals surface area contributed by atoms with Gasteiger partial charge in [0.1, 0.15) is 0 Å². The normalized spacial score (nSPS) is 11.3. The van der Waals surface area contributed by atoms with Crippen molar-refractivity contribution in [2.24, 2.45) is 0 Å². The smallest absolute Gasteiger partial charge is 0.194 e. The van der Waals surface area contributed by atoms with Gasteiger partial charge in [0.15, 0.2) is 5.78 Å². The molecular formula is C27H29ClN2O3. The second-order valence-electron chi connectivity index (χ2n) is 7.70. The van der Waals surface area contributed by atoms with Crippen molar-refractivity contribution in [3.63, 3.8) is 0 Å². The molecule has 0 atom stereocenters. The van der Waals surface area contributed by atoms with Crippen LogP contribution < -0.4 is 5.32 Å². The molecule has 172 valence electrons. The van der Waals surface area contributed by atoms with Crippen LogP contribution in [-0.2, 0) is 0 Å². The molecule has 0 amide bonds.